The van der Waals surface area contributed by atoms with Crippen molar-refractivity contribution in [3.8, 4) is 11.6 Å². The molecule has 0 spiro atoms. The minimum Gasteiger partial charge on any atom is -0.439 e. The van der Waals surface area contributed by atoms with Gasteiger partial charge in [0.25, 0.3) is 0 Å². The number of ether oxygens (including phenoxy) is 1. The summed E-state index contributed by atoms with van der Waals surface area (Å²) in [6, 6.07) is 11.8. The van der Waals surface area contributed by atoms with E-state index in [-0.39, 0.29) is 0 Å². The van der Waals surface area contributed by atoms with Crippen molar-refractivity contribution >= 4 is 21.7 Å². The van der Waals surface area contributed by atoms with E-state index in [9.17, 15) is 0 Å². The number of rotatable bonds is 6. The molecule has 4 heteroatoms. The van der Waals surface area contributed by atoms with Gasteiger partial charge < -0.3 is 10.1 Å². The number of nitrogens with one attached hydrogen (secondary N) is 1. The molecule has 0 fully saturated rings. The normalized spacial score (nSPS) is 10.7. The molecule has 0 saturated heterocycles. The van der Waals surface area contributed by atoms with Crippen molar-refractivity contribution in [2.24, 2.45) is 0 Å². The molecule has 0 amide bonds. The maximum Gasteiger partial charge on any atom is 0.221 e. The summed E-state index contributed by atoms with van der Waals surface area (Å²) >= 11 is 3.51. The predicted molar refractivity (Wildman–Crippen MR) is 91.3 cm³/mol. The molecule has 0 aliphatic rings. The molecule has 0 atom stereocenters. The van der Waals surface area contributed by atoms with Crippen LogP contribution in [-0.2, 0) is 0 Å². The van der Waals surface area contributed by atoms with Crippen LogP contribution in [0, 0.1) is 0 Å². The van der Waals surface area contributed by atoms with Crippen LogP contribution in [0.1, 0.15) is 38.7 Å². The van der Waals surface area contributed by atoms with Crippen molar-refractivity contribution in [3.63, 3.8) is 0 Å². The Bertz CT molecular complexity index is 599. The Kier molecular flexibility index (Phi) is 5.62. The van der Waals surface area contributed by atoms with Gasteiger partial charge >= 0.3 is 0 Å². The van der Waals surface area contributed by atoms with E-state index in [2.05, 4.69) is 53.1 Å². The minimum absolute atomic E-state index is 0.388. The van der Waals surface area contributed by atoms with Crippen molar-refractivity contribution in [1.82, 2.24) is 4.98 Å². The monoisotopic (exact) mass is 348 g/mol. The number of benzene rings is 1. The zero-order valence-corrected chi connectivity index (χ0v) is 14.3. The van der Waals surface area contributed by atoms with Crippen LogP contribution in [0.25, 0.3) is 0 Å². The molecule has 0 saturated carbocycles. The second-order valence-electron chi connectivity index (χ2n) is 5.23. The van der Waals surface area contributed by atoms with Gasteiger partial charge in [-0.25, -0.2) is 0 Å². The first-order valence-corrected chi connectivity index (χ1v) is 8.07. The van der Waals surface area contributed by atoms with Crippen LogP contribution in [0.3, 0.4) is 0 Å². The topological polar surface area (TPSA) is 34.1 Å². The number of aromatic nitrogens is 1. The van der Waals surface area contributed by atoms with Gasteiger partial charge in [-0.3, -0.25) is 0 Å². The summed E-state index contributed by atoms with van der Waals surface area (Å²) in [6.45, 7) is 7.35. The second kappa shape index (κ2) is 7.46. The van der Waals surface area contributed by atoms with Crippen LogP contribution in [0.5, 0.6) is 11.6 Å². The molecule has 2 aromatic rings. The maximum atomic E-state index is 5.97. The molecule has 0 aliphatic carbocycles. The summed E-state index contributed by atoms with van der Waals surface area (Å²) in [4.78, 5) is 4.48. The summed E-state index contributed by atoms with van der Waals surface area (Å²) in [5, 5.41) is 3.27. The highest BCUT2D eigenvalue weighted by molar-refractivity contribution is 9.10. The van der Waals surface area contributed by atoms with E-state index in [0.717, 1.165) is 34.6 Å². The summed E-state index contributed by atoms with van der Waals surface area (Å²) in [7, 11) is 0. The van der Waals surface area contributed by atoms with Crippen molar-refractivity contribution in [1.29, 1.82) is 0 Å². The first-order valence-electron chi connectivity index (χ1n) is 7.28. The number of anilines is 1. The summed E-state index contributed by atoms with van der Waals surface area (Å²) < 4.78 is 7.03. The summed E-state index contributed by atoms with van der Waals surface area (Å²) in [5.74, 6) is 2.70. The lowest BCUT2D eigenvalue weighted by molar-refractivity contribution is 0.455. The van der Waals surface area contributed by atoms with Gasteiger partial charge in [-0.15, -0.1) is 0 Å². The number of hydrogen-bond acceptors (Lipinski definition) is 3. The molecular weight excluding hydrogens is 328 g/mol. The van der Waals surface area contributed by atoms with E-state index < -0.39 is 0 Å². The van der Waals surface area contributed by atoms with E-state index in [1.807, 2.05) is 30.3 Å². The van der Waals surface area contributed by atoms with Crippen LogP contribution in [0.15, 0.2) is 40.9 Å². The number of halogens is 1. The third-order valence-electron chi connectivity index (χ3n) is 3.09. The fourth-order valence-electron chi connectivity index (χ4n) is 2.00. The zero-order valence-electron chi connectivity index (χ0n) is 12.7. The van der Waals surface area contributed by atoms with Gasteiger partial charge in [-0.2, -0.15) is 4.98 Å². The molecule has 1 N–H and O–H groups in total. The van der Waals surface area contributed by atoms with Crippen LogP contribution in [0.2, 0.25) is 0 Å². The first-order chi connectivity index (χ1) is 10.1. The molecule has 2 rings (SSSR count). The van der Waals surface area contributed by atoms with E-state index >= 15 is 0 Å². The fraction of sp³-hybridized carbons (Fsp3) is 0.353. The van der Waals surface area contributed by atoms with Gasteiger partial charge in [0, 0.05) is 17.1 Å². The Balaban J connectivity index is 2.22. The lowest BCUT2D eigenvalue weighted by Crippen LogP contribution is -2.02. The fourth-order valence-corrected chi connectivity index (χ4v) is 2.38. The van der Waals surface area contributed by atoms with Crippen molar-refractivity contribution in [3.05, 3.63) is 46.4 Å². The second-order valence-corrected chi connectivity index (χ2v) is 6.14. The van der Waals surface area contributed by atoms with Crippen LogP contribution < -0.4 is 10.1 Å². The molecule has 1 aromatic heterocycles. The molecule has 0 unspecified atom stereocenters. The Labute approximate surface area is 134 Å². The molecule has 3 nitrogen and oxygen atoms in total. The van der Waals surface area contributed by atoms with E-state index in [4.69, 9.17) is 4.74 Å². The van der Waals surface area contributed by atoms with E-state index in [1.165, 1.54) is 0 Å². The Morgan fingerprint density at radius 1 is 1.24 bits per heavy atom. The van der Waals surface area contributed by atoms with Crippen molar-refractivity contribution in [2.45, 2.75) is 33.1 Å². The van der Waals surface area contributed by atoms with Crippen molar-refractivity contribution < 1.29 is 4.74 Å². The lowest BCUT2D eigenvalue weighted by atomic mass is 10.0. The van der Waals surface area contributed by atoms with E-state index in [0.29, 0.717) is 11.8 Å². The number of nitrogens with zero attached hydrogens (tertiary/aromatic N) is 1. The number of hydrogen-bond donors (Lipinski definition) is 1. The standard InChI is InChI=1S/C17H21BrN2O/c1-4-10-19-16-6-5-7-17(20-16)21-15-9-8-13(18)11-14(15)12(2)3/h5-9,11-12H,4,10H2,1-3H3,(H,19,20). The summed E-state index contributed by atoms with van der Waals surface area (Å²) in [6.07, 6.45) is 1.07. The van der Waals surface area contributed by atoms with Crippen LogP contribution in [-0.4, -0.2) is 11.5 Å². The third-order valence-corrected chi connectivity index (χ3v) is 3.58. The quantitative estimate of drug-likeness (QED) is 0.739. The van der Waals surface area contributed by atoms with Gasteiger partial charge in [-0.1, -0.05) is 42.8 Å². The SMILES string of the molecule is CCCNc1cccc(Oc2ccc(Br)cc2C(C)C)n1. The highest BCUT2D eigenvalue weighted by Gasteiger charge is 2.10. The molecule has 112 valence electrons. The molecule has 0 aliphatic heterocycles. The van der Waals surface area contributed by atoms with Gasteiger partial charge in [0.2, 0.25) is 5.88 Å². The smallest absolute Gasteiger partial charge is 0.221 e. The zero-order chi connectivity index (χ0) is 15.2. The van der Waals surface area contributed by atoms with Gasteiger partial charge in [-0.05, 0) is 42.2 Å². The van der Waals surface area contributed by atoms with Crippen LogP contribution >= 0.6 is 15.9 Å². The highest BCUT2D eigenvalue weighted by Crippen LogP contribution is 2.32. The maximum absolute atomic E-state index is 5.97. The van der Waals surface area contributed by atoms with E-state index in [1.54, 1.807) is 0 Å². The molecule has 1 heterocycles. The average Bonchev–Trinajstić information content (AvgIpc) is 2.47. The lowest BCUT2D eigenvalue weighted by Gasteiger charge is -2.14. The molecule has 1 aromatic carbocycles. The number of pyridine rings is 1. The van der Waals surface area contributed by atoms with Gasteiger partial charge in [0.05, 0.1) is 0 Å². The van der Waals surface area contributed by atoms with Gasteiger partial charge in [0.1, 0.15) is 11.6 Å². The summed E-state index contributed by atoms with van der Waals surface area (Å²) in [5.41, 5.74) is 1.16. The average molecular weight is 349 g/mol. The molecule has 21 heavy (non-hydrogen) atoms. The molecule has 0 radical (unpaired) electrons. The highest BCUT2D eigenvalue weighted by atomic mass is 79.9. The first kappa shape index (κ1) is 15.8. The Hall–Kier alpha value is -1.55. The third kappa shape index (κ3) is 4.46. The van der Waals surface area contributed by atoms with Crippen molar-refractivity contribution in [2.75, 3.05) is 11.9 Å². The Morgan fingerprint density at radius 3 is 2.76 bits per heavy atom. The molecule has 0 bridgehead atoms. The molecular formula is C17H21BrN2O. The Morgan fingerprint density at radius 2 is 2.05 bits per heavy atom. The predicted octanol–water partition coefficient (Wildman–Crippen LogP) is 5.58. The minimum atomic E-state index is 0.388. The van der Waals surface area contributed by atoms with Crippen LogP contribution in [0.4, 0.5) is 5.82 Å². The largest absolute Gasteiger partial charge is 0.439 e. The van der Waals surface area contributed by atoms with Gasteiger partial charge in [0.15, 0.2) is 0 Å².